The molecule has 0 aliphatic carbocycles. The van der Waals surface area contributed by atoms with Crippen molar-refractivity contribution in [1.82, 2.24) is 0 Å². The minimum Gasteiger partial charge on any atom is -0.508 e. The van der Waals surface area contributed by atoms with Gasteiger partial charge in [-0.15, -0.1) is 11.6 Å². The smallest absolute Gasteiger partial charge is 0.330 e. The van der Waals surface area contributed by atoms with E-state index in [9.17, 15) is 19.8 Å². The zero-order chi connectivity index (χ0) is 42.0. The van der Waals surface area contributed by atoms with Gasteiger partial charge in [0.2, 0.25) is 0 Å². The lowest BCUT2D eigenvalue weighted by Crippen LogP contribution is -2.18. The van der Waals surface area contributed by atoms with Gasteiger partial charge in [0.05, 0.1) is 18.6 Å². The van der Waals surface area contributed by atoms with E-state index in [2.05, 4.69) is 58.2 Å². The number of hydrogen-bond donors (Lipinski definition) is 4. The minimum atomic E-state index is -0.935. The van der Waals surface area contributed by atoms with Gasteiger partial charge in [-0.1, -0.05) is 151 Å². The number of ether oxygens (including phenoxy) is 1. The van der Waals surface area contributed by atoms with Crippen molar-refractivity contribution >= 4 is 29.6 Å². The molecule has 8 heteroatoms. The molecule has 4 N–H and O–H groups in total. The molecule has 1 heterocycles. The van der Waals surface area contributed by atoms with Crippen molar-refractivity contribution in [2.75, 3.05) is 12.5 Å². The molecular formula is C48H67ClO7. The van der Waals surface area contributed by atoms with Crippen LogP contribution < -0.4 is 0 Å². The van der Waals surface area contributed by atoms with Gasteiger partial charge in [-0.2, -0.15) is 0 Å². The summed E-state index contributed by atoms with van der Waals surface area (Å²) in [4.78, 5) is 19.9. The van der Waals surface area contributed by atoms with Gasteiger partial charge in [0.25, 0.3) is 0 Å². The number of halogens is 1. The van der Waals surface area contributed by atoms with E-state index >= 15 is 0 Å². The molecule has 0 bridgehead atoms. The molecule has 1 aliphatic heterocycles. The number of carboxylic acids is 2. The van der Waals surface area contributed by atoms with Gasteiger partial charge in [-0.25, -0.2) is 4.79 Å². The molecule has 0 saturated carbocycles. The summed E-state index contributed by atoms with van der Waals surface area (Å²) in [6.07, 6.45) is 24.5. The Morgan fingerprint density at radius 2 is 1.21 bits per heavy atom. The Hall–Kier alpha value is -4.59. The predicted octanol–water partition coefficient (Wildman–Crippen LogP) is 12.9. The summed E-state index contributed by atoms with van der Waals surface area (Å²) < 4.78 is 4.73. The number of benzene rings is 3. The molecule has 3 aromatic rings. The number of unbranched alkanes of at least 4 members (excludes halogenated alkanes) is 8. The molecule has 308 valence electrons. The van der Waals surface area contributed by atoms with Crippen LogP contribution in [-0.2, 0) is 19.7 Å². The molecule has 1 atom stereocenters. The number of carboxylic acid groups (broad SMARTS) is 2. The zero-order valence-electron chi connectivity index (χ0n) is 34.2. The SMILES string of the molecule is C=C(C)C(=O)O.C=Cc1ccccc1.CC(C)(c1ccc(O)cc1)c1ccc(O)cc1.CCCCCC=CCC=CCCCCCCCC(=O)O.ClCC1CO1. The van der Waals surface area contributed by atoms with E-state index in [0.717, 1.165) is 43.4 Å². The van der Waals surface area contributed by atoms with Crippen molar-refractivity contribution in [2.45, 2.75) is 116 Å². The van der Waals surface area contributed by atoms with Crippen LogP contribution in [0, 0.1) is 0 Å². The van der Waals surface area contributed by atoms with E-state index in [1.165, 1.54) is 57.4 Å². The Balaban J connectivity index is 0.000000745. The van der Waals surface area contributed by atoms with E-state index in [4.69, 9.17) is 26.6 Å². The van der Waals surface area contributed by atoms with Gasteiger partial charge in [-0.05, 0) is 86.4 Å². The fourth-order valence-electron chi connectivity index (χ4n) is 4.76. The summed E-state index contributed by atoms with van der Waals surface area (Å²) in [6.45, 7) is 15.6. The normalized spacial score (nSPS) is 12.7. The Kier molecular flexibility index (Phi) is 30.0. The molecule has 7 nitrogen and oxygen atoms in total. The average Bonchev–Trinajstić information content (AvgIpc) is 4.03. The van der Waals surface area contributed by atoms with Gasteiger partial charge >= 0.3 is 11.9 Å². The second-order valence-electron chi connectivity index (χ2n) is 13.9. The predicted molar refractivity (Wildman–Crippen MR) is 235 cm³/mol. The van der Waals surface area contributed by atoms with Crippen molar-refractivity contribution in [2.24, 2.45) is 0 Å². The standard InChI is InChI=1S/C18H32O2.C15H16O2.C8H8.C4H6O2.C3H5ClO/c1-2-3-4-5-6-7-8-9-10-11-12-13-14-15-16-17-18(19)20;1-15(2,11-3-7-13(16)8-4-11)12-5-9-14(17)10-6-12;1-2-8-6-4-3-5-7-8;1-3(2)4(5)6;4-1-3-2-5-3/h6-7,9-10H,2-5,8,11-17H2,1H3,(H,19,20);3-10,16-17H,1-2H3;2-7H,1H2;1H2,2H3,(H,5,6);3H,1-2H2. The molecule has 1 fully saturated rings. The van der Waals surface area contributed by atoms with Crippen molar-refractivity contribution in [3.05, 3.63) is 139 Å². The number of aromatic hydroxyl groups is 2. The molecular weight excluding hydrogens is 724 g/mol. The van der Waals surface area contributed by atoms with Crippen molar-refractivity contribution in [3.63, 3.8) is 0 Å². The lowest BCUT2D eigenvalue weighted by atomic mass is 9.78. The third-order valence-electron chi connectivity index (χ3n) is 8.49. The molecule has 0 radical (unpaired) electrons. The van der Waals surface area contributed by atoms with Crippen molar-refractivity contribution in [3.8, 4) is 11.5 Å². The van der Waals surface area contributed by atoms with Crippen molar-refractivity contribution < 1.29 is 34.8 Å². The maximum atomic E-state index is 10.3. The highest BCUT2D eigenvalue weighted by Crippen LogP contribution is 2.33. The van der Waals surface area contributed by atoms with Gasteiger partial charge in [0.15, 0.2) is 0 Å². The lowest BCUT2D eigenvalue weighted by Gasteiger charge is -2.26. The third-order valence-corrected chi connectivity index (χ3v) is 8.84. The Morgan fingerprint density at radius 1 is 0.768 bits per heavy atom. The number of aliphatic carboxylic acids is 2. The Bertz CT molecular complexity index is 1460. The average molecular weight is 792 g/mol. The fraction of sp³-hybridized carbons (Fsp3) is 0.417. The summed E-state index contributed by atoms with van der Waals surface area (Å²) in [5.41, 5.74) is 3.45. The highest BCUT2D eigenvalue weighted by molar-refractivity contribution is 6.18. The number of rotatable bonds is 19. The van der Waals surface area contributed by atoms with Crippen LogP contribution in [-0.4, -0.2) is 51.0 Å². The summed E-state index contributed by atoms with van der Waals surface area (Å²) in [7, 11) is 0. The highest BCUT2D eigenvalue weighted by Gasteiger charge is 2.23. The van der Waals surface area contributed by atoms with Crippen LogP contribution >= 0.6 is 11.6 Å². The fourth-order valence-corrected chi connectivity index (χ4v) is 4.93. The number of phenolic OH excluding ortho intramolecular Hbond substituents is 2. The van der Waals surface area contributed by atoms with Gasteiger partial charge in [0.1, 0.15) is 11.5 Å². The summed E-state index contributed by atoms with van der Waals surface area (Å²) in [6, 6.07) is 24.5. The van der Waals surface area contributed by atoms with Gasteiger partial charge in [-0.3, -0.25) is 4.79 Å². The number of alkyl halides is 1. The summed E-state index contributed by atoms with van der Waals surface area (Å²) in [5, 5.41) is 35.0. The second kappa shape index (κ2) is 32.6. The van der Waals surface area contributed by atoms with Crippen LogP contribution in [0.3, 0.4) is 0 Å². The first-order valence-corrected chi connectivity index (χ1v) is 20.2. The topological polar surface area (TPSA) is 128 Å². The molecule has 0 amide bonds. The number of carbonyl (C=O) groups is 2. The van der Waals surface area contributed by atoms with Crippen LogP contribution in [0.15, 0.2) is 122 Å². The van der Waals surface area contributed by atoms with Gasteiger partial charge < -0.3 is 25.2 Å². The van der Waals surface area contributed by atoms with E-state index in [1.807, 2.05) is 60.7 Å². The molecule has 0 spiro atoms. The van der Waals surface area contributed by atoms with Crippen LogP contribution in [0.5, 0.6) is 11.5 Å². The van der Waals surface area contributed by atoms with E-state index in [-0.39, 0.29) is 22.5 Å². The molecule has 1 saturated heterocycles. The zero-order valence-corrected chi connectivity index (χ0v) is 34.9. The van der Waals surface area contributed by atoms with Crippen LogP contribution in [0.1, 0.15) is 121 Å². The van der Waals surface area contributed by atoms with E-state index in [0.29, 0.717) is 18.4 Å². The first-order valence-electron chi connectivity index (χ1n) is 19.6. The quantitative estimate of drug-likeness (QED) is 0.0313. The monoisotopic (exact) mass is 790 g/mol. The first kappa shape index (κ1) is 51.4. The maximum Gasteiger partial charge on any atom is 0.330 e. The van der Waals surface area contributed by atoms with Crippen LogP contribution in [0.2, 0.25) is 0 Å². The Morgan fingerprint density at radius 3 is 1.57 bits per heavy atom. The van der Waals surface area contributed by atoms with E-state index in [1.54, 1.807) is 24.3 Å². The lowest BCUT2D eigenvalue weighted by molar-refractivity contribution is -0.137. The van der Waals surface area contributed by atoms with Crippen LogP contribution in [0.25, 0.3) is 6.08 Å². The first-order chi connectivity index (χ1) is 26.8. The minimum absolute atomic E-state index is 0.151. The highest BCUT2D eigenvalue weighted by atomic mass is 35.5. The summed E-state index contributed by atoms with van der Waals surface area (Å²) >= 11 is 5.27. The maximum absolute atomic E-state index is 10.3. The molecule has 4 rings (SSSR count). The van der Waals surface area contributed by atoms with Gasteiger partial charge in [0, 0.05) is 17.4 Å². The molecule has 0 aromatic heterocycles. The Labute approximate surface area is 342 Å². The van der Waals surface area contributed by atoms with Crippen molar-refractivity contribution in [1.29, 1.82) is 0 Å². The molecule has 56 heavy (non-hydrogen) atoms. The number of phenols is 2. The third kappa shape index (κ3) is 28.8. The number of allylic oxidation sites excluding steroid dienone is 4. The largest absolute Gasteiger partial charge is 0.508 e. The molecule has 3 aromatic carbocycles. The van der Waals surface area contributed by atoms with Crippen LogP contribution in [0.4, 0.5) is 0 Å². The number of hydrogen-bond acceptors (Lipinski definition) is 5. The second-order valence-corrected chi connectivity index (χ2v) is 14.2. The molecule has 1 unspecified atom stereocenters. The molecule has 1 aliphatic rings. The number of epoxide rings is 1. The summed E-state index contributed by atoms with van der Waals surface area (Å²) in [5.74, 6) is -0.392. The van der Waals surface area contributed by atoms with E-state index < -0.39 is 11.9 Å².